The molecule has 4 rings (SSSR count). The third kappa shape index (κ3) is 5.00. The predicted molar refractivity (Wildman–Crippen MR) is 124 cm³/mol. The highest BCUT2D eigenvalue weighted by Gasteiger charge is 2.30. The molecule has 3 aromatic carbocycles. The highest BCUT2D eigenvalue weighted by atomic mass is 35.5. The molecule has 0 spiro atoms. The van der Waals surface area contributed by atoms with Gasteiger partial charge < -0.3 is 5.32 Å². The number of alkyl halides is 3. The van der Waals surface area contributed by atoms with Gasteiger partial charge in [0.1, 0.15) is 5.01 Å². The number of rotatable bonds is 4. The van der Waals surface area contributed by atoms with Crippen molar-refractivity contribution in [3.05, 3.63) is 88.5 Å². The largest absolute Gasteiger partial charge is 0.416 e. The van der Waals surface area contributed by atoms with E-state index >= 15 is 0 Å². The van der Waals surface area contributed by atoms with Gasteiger partial charge in [-0.05, 0) is 78.7 Å². The molecule has 32 heavy (non-hydrogen) atoms. The second-order valence-electron chi connectivity index (χ2n) is 7.12. The number of aryl methyl sites for hydroxylation is 1. The van der Waals surface area contributed by atoms with Gasteiger partial charge in [-0.2, -0.15) is 13.2 Å². The van der Waals surface area contributed by atoms with Crippen molar-refractivity contribution in [1.82, 2.24) is 4.98 Å². The smallest absolute Gasteiger partial charge is 0.323 e. The number of thiazole rings is 1. The van der Waals surface area contributed by atoms with Crippen LogP contribution in [0.15, 0.2) is 66.7 Å². The minimum absolute atomic E-state index is 0.109. The minimum Gasteiger partial charge on any atom is -0.323 e. The van der Waals surface area contributed by atoms with Gasteiger partial charge in [0.2, 0.25) is 5.91 Å². The molecule has 0 aliphatic heterocycles. The molecule has 0 saturated heterocycles. The Balaban J connectivity index is 1.46. The highest BCUT2D eigenvalue weighted by Crippen LogP contribution is 2.33. The topological polar surface area (TPSA) is 42.0 Å². The van der Waals surface area contributed by atoms with Crippen LogP contribution in [0.5, 0.6) is 0 Å². The Labute approximate surface area is 191 Å². The molecule has 162 valence electrons. The Morgan fingerprint density at radius 3 is 2.53 bits per heavy atom. The number of carbonyl (C=O) groups is 1. The van der Waals surface area contributed by atoms with Gasteiger partial charge in [-0.1, -0.05) is 17.7 Å². The highest BCUT2D eigenvalue weighted by molar-refractivity contribution is 7.21. The summed E-state index contributed by atoms with van der Waals surface area (Å²) in [6, 6.07) is 16.3. The monoisotopic (exact) mass is 472 g/mol. The van der Waals surface area contributed by atoms with Crippen molar-refractivity contribution in [2.24, 2.45) is 0 Å². The van der Waals surface area contributed by atoms with E-state index in [0.717, 1.165) is 45.1 Å². The van der Waals surface area contributed by atoms with Crippen LogP contribution in [0.2, 0.25) is 5.02 Å². The van der Waals surface area contributed by atoms with E-state index in [-0.39, 0.29) is 10.6 Å². The lowest BCUT2D eigenvalue weighted by Gasteiger charge is -2.08. The van der Waals surface area contributed by atoms with E-state index < -0.39 is 17.6 Å². The number of anilines is 1. The number of aromatic nitrogens is 1. The minimum atomic E-state index is -4.49. The van der Waals surface area contributed by atoms with Crippen LogP contribution in [0, 0.1) is 6.92 Å². The Bertz CT molecular complexity index is 1330. The number of nitrogens with one attached hydrogen (secondary N) is 1. The van der Waals surface area contributed by atoms with Gasteiger partial charge in [0.05, 0.1) is 15.8 Å². The van der Waals surface area contributed by atoms with Gasteiger partial charge in [-0.15, -0.1) is 11.3 Å². The number of amides is 1. The van der Waals surface area contributed by atoms with Crippen LogP contribution >= 0.6 is 22.9 Å². The first-order valence-corrected chi connectivity index (χ1v) is 10.7. The number of benzene rings is 3. The average Bonchev–Trinajstić information content (AvgIpc) is 3.16. The zero-order valence-electron chi connectivity index (χ0n) is 16.7. The fourth-order valence-electron chi connectivity index (χ4n) is 3.05. The SMILES string of the molecule is Cc1ccc2nc(-c3ccc(NC(=O)/C=C\c4cc(C(F)(F)F)ccc4Cl)cc3)sc2c1. The van der Waals surface area contributed by atoms with Crippen molar-refractivity contribution in [3.8, 4) is 10.6 Å². The molecule has 1 heterocycles. The van der Waals surface area contributed by atoms with E-state index in [0.29, 0.717) is 5.69 Å². The van der Waals surface area contributed by atoms with Crippen LogP contribution < -0.4 is 5.32 Å². The summed E-state index contributed by atoms with van der Waals surface area (Å²) >= 11 is 7.54. The van der Waals surface area contributed by atoms with E-state index in [2.05, 4.69) is 16.4 Å². The standard InChI is InChI=1S/C24H16ClF3N2OS/c1-14-2-10-20-21(12-14)32-23(30-20)15-3-7-18(8-4-15)29-22(31)11-5-16-13-17(24(26,27)28)6-9-19(16)25/h2-13H,1H3,(H,29,31)/b11-5-. The summed E-state index contributed by atoms with van der Waals surface area (Å²) in [5.41, 5.74) is 2.86. The molecule has 0 atom stereocenters. The quantitative estimate of drug-likeness (QED) is 0.311. The summed E-state index contributed by atoms with van der Waals surface area (Å²) in [6.45, 7) is 2.03. The molecule has 4 aromatic rings. The molecule has 1 aromatic heterocycles. The lowest BCUT2D eigenvalue weighted by Crippen LogP contribution is -2.07. The summed E-state index contributed by atoms with van der Waals surface area (Å²) in [4.78, 5) is 16.8. The molecule has 8 heteroatoms. The second kappa shape index (κ2) is 8.76. The Morgan fingerprint density at radius 2 is 1.81 bits per heavy atom. The number of fused-ring (bicyclic) bond motifs is 1. The first kappa shape index (κ1) is 22.0. The van der Waals surface area contributed by atoms with E-state index in [9.17, 15) is 18.0 Å². The maximum absolute atomic E-state index is 12.9. The predicted octanol–water partition coefficient (Wildman–Crippen LogP) is 7.60. The normalized spacial score (nSPS) is 11.9. The van der Waals surface area contributed by atoms with Crippen LogP contribution in [0.4, 0.5) is 18.9 Å². The molecular formula is C24H16ClF3N2OS. The van der Waals surface area contributed by atoms with Crippen molar-refractivity contribution in [2.75, 3.05) is 5.32 Å². The van der Waals surface area contributed by atoms with E-state index in [1.54, 1.807) is 23.5 Å². The van der Waals surface area contributed by atoms with Crippen LogP contribution in [0.25, 0.3) is 26.9 Å². The van der Waals surface area contributed by atoms with Gasteiger partial charge in [0.25, 0.3) is 0 Å². The van der Waals surface area contributed by atoms with E-state index in [1.165, 1.54) is 11.6 Å². The summed E-state index contributed by atoms with van der Waals surface area (Å²) in [6.07, 6.45) is -2.09. The molecule has 0 radical (unpaired) electrons. The van der Waals surface area contributed by atoms with Gasteiger partial charge >= 0.3 is 6.18 Å². The second-order valence-corrected chi connectivity index (χ2v) is 8.56. The van der Waals surface area contributed by atoms with Crippen molar-refractivity contribution < 1.29 is 18.0 Å². The van der Waals surface area contributed by atoms with E-state index in [1.807, 2.05) is 31.2 Å². The zero-order valence-corrected chi connectivity index (χ0v) is 18.3. The van der Waals surface area contributed by atoms with Crippen LogP contribution in [-0.2, 0) is 11.0 Å². The average molecular weight is 473 g/mol. The molecule has 0 unspecified atom stereocenters. The Kier molecular flexibility index (Phi) is 6.04. The van der Waals surface area contributed by atoms with Gasteiger partial charge in [-0.3, -0.25) is 4.79 Å². The zero-order chi connectivity index (χ0) is 22.9. The fourth-order valence-corrected chi connectivity index (χ4v) is 4.30. The molecule has 0 fully saturated rings. The number of carbonyl (C=O) groups excluding carboxylic acids is 1. The van der Waals surface area contributed by atoms with Crippen molar-refractivity contribution in [3.63, 3.8) is 0 Å². The Morgan fingerprint density at radius 1 is 1.06 bits per heavy atom. The van der Waals surface area contributed by atoms with Crippen LogP contribution in [0.3, 0.4) is 0 Å². The number of hydrogen-bond donors (Lipinski definition) is 1. The summed E-state index contributed by atoms with van der Waals surface area (Å²) in [5.74, 6) is -0.485. The maximum atomic E-state index is 12.9. The van der Waals surface area contributed by atoms with Gasteiger partial charge in [0.15, 0.2) is 0 Å². The number of halogens is 4. The maximum Gasteiger partial charge on any atom is 0.416 e. The molecule has 0 aliphatic rings. The molecule has 0 saturated carbocycles. The van der Waals surface area contributed by atoms with Crippen molar-refractivity contribution in [2.45, 2.75) is 13.1 Å². The Hall–Kier alpha value is -3.16. The first-order valence-electron chi connectivity index (χ1n) is 9.52. The van der Waals surface area contributed by atoms with Gasteiger partial charge in [-0.25, -0.2) is 4.98 Å². The molecule has 1 amide bonds. The lowest BCUT2D eigenvalue weighted by atomic mass is 10.1. The lowest BCUT2D eigenvalue weighted by molar-refractivity contribution is -0.137. The van der Waals surface area contributed by atoms with Crippen LogP contribution in [-0.4, -0.2) is 10.9 Å². The third-order valence-corrected chi connectivity index (χ3v) is 6.09. The van der Waals surface area contributed by atoms with Gasteiger partial charge in [0, 0.05) is 22.3 Å². The van der Waals surface area contributed by atoms with Crippen molar-refractivity contribution in [1.29, 1.82) is 0 Å². The molecule has 3 nitrogen and oxygen atoms in total. The summed E-state index contributed by atoms with van der Waals surface area (Å²) in [5, 5.41) is 3.68. The third-order valence-electron chi connectivity index (χ3n) is 4.68. The van der Waals surface area contributed by atoms with Crippen LogP contribution in [0.1, 0.15) is 16.7 Å². The molecule has 1 N–H and O–H groups in total. The summed E-state index contributed by atoms with van der Waals surface area (Å²) in [7, 11) is 0. The molecule has 0 aliphatic carbocycles. The number of nitrogens with zero attached hydrogens (tertiary/aromatic N) is 1. The fraction of sp³-hybridized carbons (Fsp3) is 0.0833. The first-order chi connectivity index (χ1) is 15.2. The summed E-state index contributed by atoms with van der Waals surface area (Å²) < 4.78 is 39.7. The molecule has 0 bridgehead atoms. The van der Waals surface area contributed by atoms with Crippen molar-refractivity contribution >= 4 is 50.8 Å². The van der Waals surface area contributed by atoms with E-state index in [4.69, 9.17) is 11.6 Å². The molecular weight excluding hydrogens is 457 g/mol. The number of hydrogen-bond acceptors (Lipinski definition) is 3.